The number of hydrogen-bond donors (Lipinski definition) is 1. The predicted molar refractivity (Wildman–Crippen MR) is 103 cm³/mol. The van der Waals surface area contributed by atoms with Gasteiger partial charge in [0.05, 0.1) is 36.9 Å². The Morgan fingerprint density at radius 2 is 2.00 bits per heavy atom. The van der Waals surface area contributed by atoms with Crippen LogP contribution < -0.4 is 4.90 Å². The highest BCUT2D eigenvalue weighted by molar-refractivity contribution is 6.33. The summed E-state index contributed by atoms with van der Waals surface area (Å²) in [5.74, 6) is -0.00576. The topological polar surface area (TPSA) is 38.9 Å². The van der Waals surface area contributed by atoms with Gasteiger partial charge in [0, 0.05) is 31.9 Å². The minimum Gasteiger partial charge on any atom is -0.370 e. The molecule has 1 aromatic heterocycles. The van der Waals surface area contributed by atoms with Gasteiger partial charge in [-0.15, -0.1) is 0 Å². The Balaban J connectivity index is 1.67. The van der Waals surface area contributed by atoms with Gasteiger partial charge in [-0.2, -0.15) is 0 Å². The highest BCUT2D eigenvalue weighted by Gasteiger charge is 2.20. The molecule has 1 aliphatic rings. The molecule has 2 heterocycles. The summed E-state index contributed by atoms with van der Waals surface area (Å²) >= 11 is 6.26. The second-order valence-electron chi connectivity index (χ2n) is 6.78. The lowest BCUT2D eigenvalue weighted by molar-refractivity contribution is -0.908. The molecule has 1 aliphatic heterocycles. The van der Waals surface area contributed by atoms with E-state index in [9.17, 15) is 4.79 Å². The summed E-state index contributed by atoms with van der Waals surface area (Å²) in [6, 6.07) is 11.3. The van der Waals surface area contributed by atoms with Crippen LogP contribution in [0.1, 0.15) is 22.5 Å². The van der Waals surface area contributed by atoms with Crippen molar-refractivity contribution < 1.29 is 14.4 Å². The number of halogens is 1. The summed E-state index contributed by atoms with van der Waals surface area (Å²) in [5, 5.41) is 0.508. The summed E-state index contributed by atoms with van der Waals surface area (Å²) in [7, 11) is 2.01. The Hall–Kier alpha value is -1.82. The fourth-order valence-electron chi connectivity index (χ4n) is 3.34. The number of carbonyl (C=O) groups excluding carboxylic acids is 1. The molecular weight excluding hydrogens is 350 g/mol. The normalized spacial score (nSPS) is 15.2. The number of carbonyl (C=O) groups is 1. The Labute approximate surface area is 160 Å². The summed E-state index contributed by atoms with van der Waals surface area (Å²) in [6.45, 7) is 6.14. The van der Waals surface area contributed by atoms with Crippen LogP contribution in [0.5, 0.6) is 0 Å². The number of aromatic nitrogens is 1. The van der Waals surface area contributed by atoms with Crippen molar-refractivity contribution in [3.63, 3.8) is 0 Å². The number of ether oxygens (including phenoxy) is 1. The molecule has 0 spiro atoms. The zero-order chi connectivity index (χ0) is 18.4. The molecule has 0 saturated carbocycles. The van der Waals surface area contributed by atoms with Gasteiger partial charge >= 0.3 is 0 Å². The monoisotopic (exact) mass is 376 g/mol. The summed E-state index contributed by atoms with van der Waals surface area (Å²) < 4.78 is 7.47. The summed E-state index contributed by atoms with van der Waals surface area (Å²) in [4.78, 5) is 16.6. The Morgan fingerprint density at radius 1 is 1.23 bits per heavy atom. The first-order valence-corrected chi connectivity index (χ1v) is 9.58. The third kappa shape index (κ3) is 4.87. The number of benzene rings is 1. The van der Waals surface area contributed by atoms with Crippen molar-refractivity contribution in [3.8, 4) is 0 Å². The van der Waals surface area contributed by atoms with Crippen LogP contribution in [0, 0.1) is 0 Å². The minimum atomic E-state index is -0.00576. The second kappa shape index (κ2) is 9.21. The van der Waals surface area contributed by atoms with Gasteiger partial charge in [0.1, 0.15) is 13.1 Å². The van der Waals surface area contributed by atoms with Crippen molar-refractivity contribution >= 4 is 17.5 Å². The van der Waals surface area contributed by atoms with E-state index in [1.165, 1.54) is 0 Å². The highest BCUT2D eigenvalue weighted by atomic mass is 35.5. The van der Waals surface area contributed by atoms with E-state index in [0.29, 0.717) is 17.1 Å². The van der Waals surface area contributed by atoms with E-state index in [1.54, 1.807) is 17.0 Å². The molecule has 0 bridgehead atoms. The van der Waals surface area contributed by atoms with Gasteiger partial charge in [-0.25, -0.2) is 0 Å². The largest absolute Gasteiger partial charge is 0.370 e. The van der Waals surface area contributed by atoms with E-state index in [4.69, 9.17) is 16.3 Å². The van der Waals surface area contributed by atoms with E-state index >= 15 is 0 Å². The van der Waals surface area contributed by atoms with Crippen LogP contribution >= 0.6 is 11.6 Å². The zero-order valence-electron chi connectivity index (χ0n) is 15.3. The number of amides is 1. The zero-order valence-corrected chi connectivity index (χ0v) is 16.0. The SMILES string of the molecule is Cn1cccc1CN(CCC[NH+]1CCOCC1)C(=O)c1ccccc1Cl. The first-order valence-electron chi connectivity index (χ1n) is 9.20. The molecule has 2 aromatic rings. The van der Waals surface area contributed by atoms with Crippen molar-refractivity contribution in [2.24, 2.45) is 7.05 Å². The van der Waals surface area contributed by atoms with E-state index in [1.807, 2.05) is 36.3 Å². The molecule has 0 unspecified atom stereocenters. The molecule has 140 valence electrons. The molecule has 1 amide bonds. The van der Waals surface area contributed by atoms with Gasteiger partial charge in [0.15, 0.2) is 0 Å². The van der Waals surface area contributed by atoms with Crippen LogP contribution in [0.25, 0.3) is 0 Å². The van der Waals surface area contributed by atoms with Crippen LogP contribution in [-0.4, -0.2) is 54.8 Å². The van der Waals surface area contributed by atoms with Crippen molar-refractivity contribution in [2.45, 2.75) is 13.0 Å². The van der Waals surface area contributed by atoms with E-state index in [-0.39, 0.29) is 5.91 Å². The molecule has 0 aliphatic carbocycles. The second-order valence-corrected chi connectivity index (χ2v) is 7.19. The molecule has 0 radical (unpaired) electrons. The van der Waals surface area contributed by atoms with Crippen molar-refractivity contribution in [1.29, 1.82) is 0 Å². The highest BCUT2D eigenvalue weighted by Crippen LogP contribution is 2.18. The molecular formula is C20H27ClN3O2+. The van der Waals surface area contributed by atoms with Crippen LogP contribution in [-0.2, 0) is 18.3 Å². The molecule has 6 heteroatoms. The number of rotatable bonds is 7. The van der Waals surface area contributed by atoms with Gasteiger partial charge in [0.2, 0.25) is 0 Å². The third-order valence-corrected chi connectivity index (χ3v) is 5.28. The molecule has 0 atom stereocenters. The lowest BCUT2D eigenvalue weighted by Gasteiger charge is -2.27. The molecule has 3 rings (SSSR count). The number of hydrogen-bond acceptors (Lipinski definition) is 2. The lowest BCUT2D eigenvalue weighted by atomic mass is 10.2. The average molecular weight is 377 g/mol. The van der Waals surface area contributed by atoms with Crippen molar-refractivity contribution in [3.05, 3.63) is 58.9 Å². The maximum Gasteiger partial charge on any atom is 0.255 e. The van der Waals surface area contributed by atoms with E-state index in [2.05, 4.69) is 10.6 Å². The Bertz CT molecular complexity index is 725. The van der Waals surface area contributed by atoms with Crippen molar-refractivity contribution in [2.75, 3.05) is 39.4 Å². The van der Waals surface area contributed by atoms with Gasteiger partial charge in [-0.05, 0) is 24.3 Å². The fourth-order valence-corrected chi connectivity index (χ4v) is 3.56. The molecule has 1 saturated heterocycles. The summed E-state index contributed by atoms with van der Waals surface area (Å²) in [6.07, 6.45) is 2.97. The standard InChI is InChI=1S/C20H26ClN3O2/c1-22-9-4-6-17(22)16-24(11-5-10-23-12-14-26-15-13-23)20(25)18-7-2-3-8-19(18)21/h2-4,6-9H,5,10-16H2,1H3/p+1. The Morgan fingerprint density at radius 3 is 2.69 bits per heavy atom. The van der Waals surface area contributed by atoms with E-state index in [0.717, 1.165) is 51.5 Å². The average Bonchev–Trinajstić information content (AvgIpc) is 3.06. The molecule has 5 nitrogen and oxygen atoms in total. The molecule has 1 N–H and O–H groups in total. The van der Waals surface area contributed by atoms with Crippen LogP contribution in [0.3, 0.4) is 0 Å². The number of morpholine rings is 1. The van der Waals surface area contributed by atoms with Crippen LogP contribution in [0.15, 0.2) is 42.6 Å². The number of nitrogens with zero attached hydrogens (tertiary/aromatic N) is 2. The smallest absolute Gasteiger partial charge is 0.255 e. The first-order chi connectivity index (χ1) is 12.6. The fraction of sp³-hybridized carbons (Fsp3) is 0.450. The minimum absolute atomic E-state index is 0.00576. The number of quaternary nitrogens is 1. The summed E-state index contributed by atoms with van der Waals surface area (Å²) in [5.41, 5.74) is 1.69. The van der Waals surface area contributed by atoms with E-state index < -0.39 is 0 Å². The Kier molecular flexibility index (Phi) is 6.72. The predicted octanol–water partition coefficient (Wildman–Crippen LogP) is 1.63. The first kappa shape index (κ1) is 19.0. The van der Waals surface area contributed by atoms with Crippen LogP contribution in [0.4, 0.5) is 0 Å². The van der Waals surface area contributed by atoms with Gasteiger partial charge < -0.3 is 19.1 Å². The maximum absolute atomic E-state index is 13.1. The lowest BCUT2D eigenvalue weighted by Crippen LogP contribution is -3.14. The molecule has 26 heavy (non-hydrogen) atoms. The van der Waals surface area contributed by atoms with Crippen LogP contribution in [0.2, 0.25) is 5.02 Å². The third-order valence-electron chi connectivity index (χ3n) is 4.95. The quantitative estimate of drug-likeness (QED) is 0.797. The van der Waals surface area contributed by atoms with Gasteiger partial charge in [-0.1, -0.05) is 23.7 Å². The van der Waals surface area contributed by atoms with Crippen molar-refractivity contribution in [1.82, 2.24) is 9.47 Å². The number of nitrogens with one attached hydrogen (secondary N) is 1. The molecule has 1 aromatic carbocycles. The molecule has 1 fully saturated rings. The number of aryl methyl sites for hydroxylation is 1. The van der Waals surface area contributed by atoms with Gasteiger partial charge in [-0.3, -0.25) is 4.79 Å². The van der Waals surface area contributed by atoms with Gasteiger partial charge in [0.25, 0.3) is 5.91 Å². The maximum atomic E-state index is 13.1.